The molecule has 1 N–H and O–H groups in total. The average molecular weight is 140 g/mol. The molecule has 0 aromatic carbocycles. The fraction of sp³-hybridized carbons (Fsp3) is 0.375. The van der Waals surface area contributed by atoms with E-state index in [9.17, 15) is 4.79 Å². The number of aliphatic hydroxyl groups is 1. The maximum atomic E-state index is 10.2. The Kier molecular flexibility index (Phi) is 4.29. The Morgan fingerprint density at radius 3 is 2.60 bits per heavy atom. The minimum Gasteiger partial charge on any atom is -0.513 e. The van der Waals surface area contributed by atoms with Crippen LogP contribution in [0.25, 0.3) is 0 Å². The van der Waals surface area contributed by atoms with Crippen molar-refractivity contribution in [2.75, 3.05) is 0 Å². The molecule has 0 aromatic heterocycles. The van der Waals surface area contributed by atoms with Crippen LogP contribution in [-0.4, -0.2) is 11.4 Å². The van der Waals surface area contributed by atoms with E-state index in [0.717, 1.165) is 6.29 Å². The van der Waals surface area contributed by atoms with Crippen molar-refractivity contribution in [1.29, 1.82) is 0 Å². The minimum absolute atomic E-state index is 0.119. The first-order valence-corrected chi connectivity index (χ1v) is 3.15. The van der Waals surface area contributed by atoms with Gasteiger partial charge in [0.05, 0.1) is 5.76 Å². The van der Waals surface area contributed by atoms with Crippen LogP contribution in [0.4, 0.5) is 0 Å². The van der Waals surface area contributed by atoms with Gasteiger partial charge in [-0.2, -0.15) is 0 Å². The number of aldehydes is 1. The predicted octanol–water partition coefficient (Wildman–Crippen LogP) is 1.84. The van der Waals surface area contributed by atoms with Crippen LogP contribution in [0.5, 0.6) is 0 Å². The molecule has 0 saturated heterocycles. The Morgan fingerprint density at radius 2 is 2.30 bits per heavy atom. The summed E-state index contributed by atoms with van der Waals surface area (Å²) in [5.74, 6) is -0.0300. The van der Waals surface area contributed by atoms with Crippen LogP contribution in [0.2, 0.25) is 0 Å². The molecule has 0 rings (SSSR count). The maximum Gasteiger partial charge on any atom is 0.126 e. The van der Waals surface area contributed by atoms with E-state index in [-0.39, 0.29) is 11.7 Å². The lowest BCUT2D eigenvalue weighted by atomic mass is 10.1. The molecule has 1 atom stereocenters. The molecule has 0 aliphatic heterocycles. The lowest BCUT2D eigenvalue weighted by Crippen LogP contribution is -1.97. The Hall–Kier alpha value is -1.05. The van der Waals surface area contributed by atoms with Gasteiger partial charge in [0, 0.05) is 12.3 Å². The third-order valence-corrected chi connectivity index (χ3v) is 1.24. The maximum absolute atomic E-state index is 10.2. The molecule has 0 aliphatic rings. The zero-order chi connectivity index (χ0) is 7.98. The first kappa shape index (κ1) is 8.95. The van der Waals surface area contributed by atoms with Crippen molar-refractivity contribution in [3.8, 4) is 0 Å². The second kappa shape index (κ2) is 4.79. The predicted molar refractivity (Wildman–Crippen MR) is 40.8 cm³/mol. The summed E-state index contributed by atoms with van der Waals surface area (Å²) in [5, 5.41) is 8.65. The molecule has 56 valence electrons. The van der Waals surface area contributed by atoms with E-state index < -0.39 is 0 Å². The van der Waals surface area contributed by atoms with Crippen molar-refractivity contribution in [3.05, 3.63) is 25.0 Å². The van der Waals surface area contributed by atoms with Crippen molar-refractivity contribution < 1.29 is 9.90 Å². The smallest absolute Gasteiger partial charge is 0.126 e. The summed E-state index contributed by atoms with van der Waals surface area (Å²) < 4.78 is 0. The summed E-state index contributed by atoms with van der Waals surface area (Å²) in [7, 11) is 0. The Morgan fingerprint density at radius 1 is 1.70 bits per heavy atom. The van der Waals surface area contributed by atoms with E-state index in [4.69, 9.17) is 5.11 Å². The molecule has 0 saturated carbocycles. The normalized spacial score (nSPS) is 12.0. The van der Waals surface area contributed by atoms with Crippen LogP contribution >= 0.6 is 0 Å². The minimum atomic E-state index is -0.149. The zero-order valence-corrected chi connectivity index (χ0v) is 5.92. The zero-order valence-electron chi connectivity index (χ0n) is 5.92. The lowest BCUT2D eigenvalue weighted by Gasteiger charge is -2.01. The van der Waals surface area contributed by atoms with E-state index in [0.29, 0.717) is 12.8 Å². The fourth-order valence-electron chi connectivity index (χ4n) is 0.575. The SMILES string of the molecule is C=CC(C=O)CCC(=C)O. The van der Waals surface area contributed by atoms with Gasteiger partial charge in [0.15, 0.2) is 0 Å². The number of hydrogen-bond acceptors (Lipinski definition) is 2. The summed E-state index contributed by atoms with van der Waals surface area (Å²) in [6.07, 6.45) is 3.45. The first-order valence-electron chi connectivity index (χ1n) is 3.15. The van der Waals surface area contributed by atoms with Crippen LogP contribution < -0.4 is 0 Å². The van der Waals surface area contributed by atoms with E-state index in [1.165, 1.54) is 0 Å². The quantitative estimate of drug-likeness (QED) is 0.359. The van der Waals surface area contributed by atoms with Gasteiger partial charge in [0.25, 0.3) is 0 Å². The number of allylic oxidation sites excluding steroid dienone is 2. The fourth-order valence-corrected chi connectivity index (χ4v) is 0.575. The molecule has 0 spiro atoms. The van der Waals surface area contributed by atoms with Gasteiger partial charge in [-0.25, -0.2) is 0 Å². The van der Waals surface area contributed by atoms with Gasteiger partial charge in [-0.15, -0.1) is 6.58 Å². The van der Waals surface area contributed by atoms with Gasteiger partial charge in [-0.1, -0.05) is 12.7 Å². The van der Waals surface area contributed by atoms with Crippen LogP contribution in [0.1, 0.15) is 12.8 Å². The summed E-state index contributed by atoms with van der Waals surface area (Å²) in [6, 6.07) is 0. The van der Waals surface area contributed by atoms with Crippen molar-refractivity contribution in [3.63, 3.8) is 0 Å². The highest BCUT2D eigenvalue weighted by molar-refractivity contribution is 5.56. The number of rotatable bonds is 5. The van der Waals surface area contributed by atoms with Gasteiger partial charge < -0.3 is 9.90 Å². The summed E-state index contributed by atoms with van der Waals surface area (Å²) in [4.78, 5) is 10.2. The molecule has 0 aromatic rings. The molecule has 1 unspecified atom stereocenters. The van der Waals surface area contributed by atoms with Crippen LogP contribution in [0, 0.1) is 5.92 Å². The summed E-state index contributed by atoms with van der Waals surface area (Å²) >= 11 is 0. The third-order valence-electron chi connectivity index (χ3n) is 1.24. The molecule has 0 heterocycles. The summed E-state index contributed by atoms with van der Waals surface area (Å²) in [6.45, 7) is 6.77. The van der Waals surface area contributed by atoms with E-state index in [1.54, 1.807) is 6.08 Å². The molecule has 0 fully saturated rings. The number of aliphatic hydroxyl groups excluding tert-OH is 1. The molecule has 10 heavy (non-hydrogen) atoms. The Labute approximate surface area is 60.9 Å². The third kappa shape index (κ3) is 3.89. The lowest BCUT2D eigenvalue weighted by molar-refractivity contribution is -0.110. The van der Waals surface area contributed by atoms with Crippen molar-refractivity contribution in [1.82, 2.24) is 0 Å². The first-order chi connectivity index (χ1) is 4.70. The van der Waals surface area contributed by atoms with E-state index >= 15 is 0 Å². The van der Waals surface area contributed by atoms with E-state index in [2.05, 4.69) is 13.2 Å². The van der Waals surface area contributed by atoms with Crippen LogP contribution in [0.15, 0.2) is 25.0 Å². The highest BCUT2D eigenvalue weighted by Gasteiger charge is 2.01. The van der Waals surface area contributed by atoms with Gasteiger partial charge in [-0.3, -0.25) is 0 Å². The largest absolute Gasteiger partial charge is 0.513 e. The average Bonchev–Trinajstić information content (AvgIpc) is 1.90. The number of carbonyl (C=O) groups excluding carboxylic acids is 1. The van der Waals surface area contributed by atoms with Crippen LogP contribution in [-0.2, 0) is 4.79 Å². The molecule has 2 nitrogen and oxygen atoms in total. The molecule has 2 heteroatoms. The molecular formula is C8H12O2. The molecule has 0 aliphatic carbocycles. The monoisotopic (exact) mass is 140 g/mol. The standard InChI is InChI=1S/C8H12O2/c1-3-8(6-9)5-4-7(2)10/h3,6,8,10H,1-2,4-5H2. The van der Waals surface area contributed by atoms with Gasteiger partial charge >= 0.3 is 0 Å². The molecular weight excluding hydrogens is 128 g/mol. The second-order valence-corrected chi connectivity index (χ2v) is 2.14. The molecule has 0 amide bonds. The second-order valence-electron chi connectivity index (χ2n) is 2.14. The molecule has 0 radical (unpaired) electrons. The van der Waals surface area contributed by atoms with Crippen molar-refractivity contribution in [2.45, 2.75) is 12.8 Å². The highest BCUT2D eigenvalue weighted by Crippen LogP contribution is 2.07. The van der Waals surface area contributed by atoms with Gasteiger partial charge in [-0.05, 0) is 6.42 Å². The highest BCUT2D eigenvalue weighted by atomic mass is 16.3. The number of hydrogen-bond donors (Lipinski definition) is 1. The van der Waals surface area contributed by atoms with Crippen LogP contribution in [0.3, 0.4) is 0 Å². The van der Waals surface area contributed by atoms with Crippen molar-refractivity contribution in [2.24, 2.45) is 5.92 Å². The Bertz CT molecular complexity index is 130. The number of carbonyl (C=O) groups is 1. The Balaban J connectivity index is 3.54. The summed E-state index contributed by atoms with van der Waals surface area (Å²) in [5.41, 5.74) is 0. The van der Waals surface area contributed by atoms with Gasteiger partial charge in [0.1, 0.15) is 6.29 Å². The van der Waals surface area contributed by atoms with Crippen molar-refractivity contribution >= 4 is 6.29 Å². The topological polar surface area (TPSA) is 37.3 Å². The van der Waals surface area contributed by atoms with E-state index in [1.807, 2.05) is 0 Å². The van der Waals surface area contributed by atoms with Gasteiger partial charge in [0.2, 0.25) is 0 Å². The molecule has 0 bridgehead atoms.